The molecule has 126 valence electrons. The molecule has 10 heteroatoms. The van der Waals surface area contributed by atoms with Crippen molar-refractivity contribution in [3.05, 3.63) is 12.5 Å². The summed E-state index contributed by atoms with van der Waals surface area (Å²) in [5, 5.41) is 10.1. The van der Waals surface area contributed by atoms with Gasteiger partial charge in [-0.2, -0.15) is 13.5 Å². The van der Waals surface area contributed by atoms with Gasteiger partial charge in [-0.3, -0.25) is 4.68 Å². The largest absolute Gasteiger partial charge is 0.356 e. The number of hydrogen-bond acceptors (Lipinski definition) is 6. The van der Waals surface area contributed by atoms with Gasteiger partial charge in [0.05, 0.1) is 11.6 Å². The molecular weight excluding hydrogens is 318 g/mol. The van der Waals surface area contributed by atoms with Crippen molar-refractivity contribution in [1.29, 1.82) is 0 Å². The van der Waals surface area contributed by atoms with E-state index in [0.717, 1.165) is 49.2 Å². The van der Waals surface area contributed by atoms with Crippen LogP contribution in [0.3, 0.4) is 0 Å². The maximum absolute atomic E-state index is 10.9. The lowest BCUT2D eigenvalue weighted by atomic mass is 9.93. The van der Waals surface area contributed by atoms with E-state index in [9.17, 15) is 8.42 Å². The highest BCUT2D eigenvalue weighted by Gasteiger charge is 2.22. The van der Waals surface area contributed by atoms with Gasteiger partial charge < -0.3 is 4.90 Å². The predicted octanol–water partition coefficient (Wildman–Crippen LogP) is -0.237. The molecule has 1 saturated heterocycles. The first kappa shape index (κ1) is 16.1. The van der Waals surface area contributed by atoms with Crippen LogP contribution < -0.4 is 14.8 Å². The van der Waals surface area contributed by atoms with E-state index in [4.69, 9.17) is 5.14 Å². The minimum absolute atomic E-state index is 0.393. The molecule has 2 aromatic heterocycles. The van der Waals surface area contributed by atoms with Crippen molar-refractivity contribution in [2.45, 2.75) is 19.3 Å². The number of piperidine rings is 1. The van der Waals surface area contributed by atoms with E-state index in [1.807, 2.05) is 7.05 Å². The number of nitrogens with zero attached hydrogens (tertiary/aromatic N) is 5. The molecule has 3 heterocycles. The van der Waals surface area contributed by atoms with E-state index >= 15 is 0 Å². The molecule has 9 nitrogen and oxygen atoms in total. The average molecular weight is 339 g/mol. The first-order chi connectivity index (χ1) is 10.9. The van der Waals surface area contributed by atoms with Gasteiger partial charge in [0, 0.05) is 26.7 Å². The Balaban J connectivity index is 1.60. The molecular formula is C13H21N7O2S. The normalized spacial score (nSPS) is 17.0. The lowest BCUT2D eigenvalue weighted by Crippen LogP contribution is -2.37. The van der Waals surface area contributed by atoms with Crippen molar-refractivity contribution in [3.63, 3.8) is 0 Å². The topological polar surface area (TPSA) is 119 Å². The Morgan fingerprint density at radius 2 is 2.09 bits per heavy atom. The van der Waals surface area contributed by atoms with E-state index < -0.39 is 10.2 Å². The van der Waals surface area contributed by atoms with Crippen LogP contribution in [-0.2, 0) is 17.3 Å². The SMILES string of the molecule is Cn1ncc2c(N3CCC(CCNS(N)(=O)=O)CC3)ncnc21. The number of nitrogens with one attached hydrogen (secondary N) is 1. The highest BCUT2D eigenvalue weighted by atomic mass is 32.2. The maximum Gasteiger partial charge on any atom is 0.274 e. The van der Waals surface area contributed by atoms with Crippen molar-refractivity contribution in [2.75, 3.05) is 24.5 Å². The zero-order valence-electron chi connectivity index (χ0n) is 13.0. The summed E-state index contributed by atoms with van der Waals surface area (Å²) in [6, 6.07) is 0. The van der Waals surface area contributed by atoms with Gasteiger partial charge in [0.25, 0.3) is 10.2 Å². The van der Waals surface area contributed by atoms with Crippen molar-refractivity contribution in [3.8, 4) is 0 Å². The third-order valence-corrected chi connectivity index (χ3v) is 4.88. The van der Waals surface area contributed by atoms with Crippen molar-refractivity contribution in [2.24, 2.45) is 18.1 Å². The molecule has 2 aromatic rings. The van der Waals surface area contributed by atoms with Crippen LogP contribution in [0.4, 0.5) is 5.82 Å². The molecule has 0 saturated carbocycles. The summed E-state index contributed by atoms with van der Waals surface area (Å²) in [7, 11) is -1.72. The number of aryl methyl sites for hydroxylation is 1. The minimum Gasteiger partial charge on any atom is -0.356 e. The molecule has 1 aliphatic heterocycles. The number of rotatable bonds is 5. The molecule has 0 bridgehead atoms. The van der Waals surface area contributed by atoms with Crippen LogP contribution >= 0.6 is 0 Å². The summed E-state index contributed by atoms with van der Waals surface area (Å²) >= 11 is 0. The second-order valence-electron chi connectivity index (χ2n) is 5.86. The molecule has 0 aliphatic carbocycles. The second kappa shape index (κ2) is 6.38. The summed E-state index contributed by atoms with van der Waals surface area (Å²) in [5.74, 6) is 1.41. The average Bonchev–Trinajstić information content (AvgIpc) is 2.89. The molecule has 0 unspecified atom stereocenters. The fourth-order valence-corrected chi connectivity index (χ4v) is 3.44. The molecule has 23 heavy (non-hydrogen) atoms. The lowest BCUT2D eigenvalue weighted by Gasteiger charge is -2.33. The van der Waals surface area contributed by atoms with E-state index in [1.54, 1.807) is 17.2 Å². The predicted molar refractivity (Wildman–Crippen MR) is 87.0 cm³/mol. The van der Waals surface area contributed by atoms with E-state index in [2.05, 4.69) is 24.7 Å². The van der Waals surface area contributed by atoms with Crippen molar-refractivity contribution < 1.29 is 8.42 Å². The second-order valence-corrected chi connectivity index (χ2v) is 7.24. The summed E-state index contributed by atoms with van der Waals surface area (Å²) < 4.78 is 25.8. The Bertz CT molecular complexity index is 781. The third kappa shape index (κ3) is 3.77. The number of aromatic nitrogens is 4. The van der Waals surface area contributed by atoms with Gasteiger partial charge in [0.2, 0.25) is 0 Å². The first-order valence-electron chi connectivity index (χ1n) is 7.59. The number of anilines is 1. The lowest BCUT2D eigenvalue weighted by molar-refractivity contribution is 0.381. The van der Waals surface area contributed by atoms with E-state index in [0.29, 0.717) is 12.5 Å². The zero-order chi connectivity index (χ0) is 16.4. The Morgan fingerprint density at radius 3 is 2.78 bits per heavy atom. The van der Waals surface area contributed by atoms with Gasteiger partial charge in [0.1, 0.15) is 12.1 Å². The quantitative estimate of drug-likeness (QED) is 0.776. The van der Waals surface area contributed by atoms with Gasteiger partial charge in [-0.1, -0.05) is 0 Å². The van der Waals surface area contributed by atoms with Gasteiger partial charge in [0.15, 0.2) is 5.65 Å². The van der Waals surface area contributed by atoms with E-state index in [-0.39, 0.29) is 0 Å². The molecule has 0 radical (unpaired) electrons. The molecule has 1 fully saturated rings. The monoisotopic (exact) mass is 339 g/mol. The van der Waals surface area contributed by atoms with Crippen LogP contribution in [0.2, 0.25) is 0 Å². The fraction of sp³-hybridized carbons (Fsp3) is 0.615. The molecule has 3 rings (SSSR count). The van der Waals surface area contributed by atoms with Gasteiger partial charge in [-0.25, -0.2) is 19.8 Å². The van der Waals surface area contributed by atoms with E-state index in [1.165, 1.54) is 0 Å². The Kier molecular flexibility index (Phi) is 4.46. The van der Waals surface area contributed by atoms with Crippen LogP contribution in [0.5, 0.6) is 0 Å². The first-order valence-corrected chi connectivity index (χ1v) is 9.14. The van der Waals surface area contributed by atoms with Gasteiger partial charge >= 0.3 is 0 Å². The van der Waals surface area contributed by atoms with Crippen molar-refractivity contribution in [1.82, 2.24) is 24.5 Å². The molecule has 0 amide bonds. The fourth-order valence-electron chi connectivity index (χ4n) is 3.04. The standard InChI is InChI=1S/C13H21N7O2S/c1-19-12-11(8-17-19)13(16-9-15-12)20-6-3-10(4-7-20)2-5-18-23(14,21)22/h8-10,18H,2-7H2,1H3,(H2,14,21,22). The minimum atomic E-state index is -3.59. The Hall–Kier alpha value is -1.78. The van der Waals surface area contributed by atoms with Crippen LogP contribution in [0, 0.1) is 5.92 Å². The summed E-state index contributed by atoms with van der Waals surface area (Å²) in [4.78, 5) is 10.9. The third-order valence-electron chi connectivity index (χ3n) is 4.28. The van der Waals surface area contributed by atoms with Crippen LogP contribution in [0.25, 0.3) is 11.0 Å². The van der Waals surface area contributed by atoms with Crippen LogP contribution in [0.15, 0.2) is 12.5 Å². The summed E-state index contributed by atoms with van der Waals surface area (Å²) in [6.07, 6.45) is 6.17. The summed E-state index contributed by atoms with van der Waals surface area (Å²) in [5.41, 5.74) is 0.828. The number of fused-ring (bicyclic) bond motifs is 1. The zero-order valence-corrected chi connectivity index (χ0v) is 13.8. The van der Waals surface area contributed by atoms with Crippen LogP contribution in [0.1, 0.15) is 19.3 Å². The number of nitrogens with two attached hydrogens (primary N) is 1. The highest BCUT2D eigenvalue weighted by molar-refractivity contribution is 7.87. The molecule has 0 aromatic carbocycles. The smallest absolute Gasteiger partial charge is 0.274 e. The summed E-state index contributed by atoms with van der Waals surface area (Å²) in [6.45, 7) is 2.17. The van der Waals surface area contributed by atoms with Gasteiger partial charge in [-0.05, 0) is 25.2 Å². The van der Waals surface area contributed by atoms with Gasteiger partial charge in [-0.15, -0.1) is 0 Å². The van der Waals surface area contributed by atoms with Crippen LogP contribution in [-0.4, -0.2) is 47.8 Å². The molecule has 1 aliphatic rings. The Morgan fingerprint density at radius 1 is 1.35 bits per heavy atom. The van der Waals surface area contributed by atoms with Crippen molar-refractivity contribution >= 4 is 27.1 Å². The molecule has 0 atom stereocenters. The highest BCUT2D eigenvalue weighted by Crippen LogP contribution is 2.27. The maximum atomic E-state index is 10.9. The Labute approximate surface area is 135 Å². The number of hydrogen-bond donors (Lipinski definition) is 2. The molecule has 3 N–H and O–H groups in total. The molecule has 0 spiro atoms.